The lowest BCUT2D eigenvalue weighted by molar-refractivity contribution is 0.0471. The maximum Gasteiger partial charge on any atom is 0.0373 e. The number of para-hydroxylation sites is 1. The zero-order valence-corrected chi connectivity index (χ0v) is 13.1. The van der Waals surface area contributed by atoms with Crippen LogP contribution in [0.25, 0.3) is 0 Å². The Morgan fingerprint density at radius 2 is 1.71 bits per heavy atom. The van der Waals surface area contributed by atoms with Crippen LogP contribution in [0.2, 0.25) is 0 Å². The molecule has 1 saturated carbocycles. The van der Waals surface area contributed by atoms with E-state index in [2.05, 4.69) is 34.5 Å². The molecule has 0 bridgehead atoms. The molecule has 3 aliphatic rings. The monoisotopic (exact) mass is 284 g/mol. The van der Waals surface area contributed by atoms with Crippen molar-refractivity contribution in [2.24, 2.45) is 5.41 Å². The number of fused-ring (bicyclic) bond motifs is 1. The maximum atomic E-state index is 3.64. The highest BCUT2D eigenvalue weighted by Crippen LogP contribution is 2.45. The second-order valence-corrected chi connectivity index (χ2v) is 7.49. The summed E-state index contributed by atoms with van der Waals surface area (Å²) in [5.74, 6) is 0. The van der Waals surface area contributed by atoms with Gasteiger partial charge in [0.25, 0.3) is 0 Å². The van der Waals surface area contributed by atoms with Crippen LogP contribution in [0.4, 0.5) is 5.69 Å². The summed E-state index contributed by atoms with van der Waals surface area (Å²) in [4.78, 5) is 2.77. The van der Waals surface area contributed by atoms with Gasteiger partial charge in [0, 0.05) is 18.3 Å². The number of benzene rings is 1. The van der Waals surface area contributed by atoms with E-state index in [-0.39, 0.29) is 0 Å². The second kappa shape index (κ2) is 5.64. The summed E-state index contributed by atoms with van der Waals surface area (Å²) in [6.45, 7) is 3.78. The van der Waals surface area contributed by atoms with Crippen LogP contribution in [0.3, 0.4) is 0 Å². The summed E-state index contributed by atoms with van der Waals surface area (Å²) in [5, 5.41) is 3.64. The van der Waals surface area contributed by atoms with E-state index >= 15 is 0 Å². The lowest BCUT2D eigenvalue weighted by atomic mass is 9.68. The third kappa shape index (κ3) is 2.70. The van der Waals surface area contributed by atoms with Gasteiger partial charge in [-0.2, -0.15) is 0 Å². The van der Waals surface area contributed by atoms with Crippen molar-refractivity contribution in [1.29, 1.82) is 0 Å². The number of rotatable bonds is 1. The molecule has 0 radical (unpaired) electrons. The van der Waals surface area contributed by atoms with Crippen LogP contribution in [0.1, 0.15) is 50.5 Å². The fourth-order valence-electron chi connectivity index (χ4n) is 4.85. The van der Waals surface area contributed by atoms with Gasteiger partial charge < -0.3 is 5.32 Å². The number of piperidine rings is 1. The van der Waals surface area contributed by atoms with Crippen LogP contribution < -0.4 is 5.32 Å². The molecule has 2 heteroatoms. The van der Waals surface area contributed by atoms with Gasteiger partial charge in [-0.25, -0.2) is 0 Å². The lowest BCUT2D eigenvalue weighted by Gasteiger charge is -2.47. The molecule has 2 nitrogen and oxygen atoms in total. The van der Waals surface area contributed by atoms with E-state index in [0.717, 1.165) is 12.0 Å². The third-order valence-corrected chi connectivity index (χ3v) is 6.29. The molecule has 0 aromatic heterocycles. The molecule has 1 aromatic carbocycles. The topological polar surface area (TPSA) is 15.3 Å². The third-order valence-electron chi connectivity index (χ3n) is 6.29. The molecule has 1 N–H and O–H groups in total. The van der Waals surface area contributed by atoms with Crippen molar-refractivity contribution >= 4 is 5.69 Å². The van der Waals surface area contributed by atoms with Crippen LogP contribution in [0.5, 0.6) is 0 Å². The predicted octanol–water partition coefficient (Wildman–Crippen LogP) is 4.07. The van der Waals surface area contributed by atoms with Crippen LogP contribution in [-0.4, -0.2) is 30.6 Å². The van der Waals surface area contributed by atoms with Crippen molar-refractivity contribution in [3.05, 3.63) is 29.8 Å². The molecule has 0 amide bonds. The van der Waals surface area contributed by atoms with Gasteiger partial charge >= 0.3 is 0 Å². The second-order valence-electron chi connectivity index (χ2n) is 7.49. The maximum absolute atomic E-state index is 3.64. The first-order chi connectivity index (χ1) is 10.3. The van der Waals surface area contributed by atoms with E-state index in [9.17, 15) is 0 Å². The fourth-order valence-corrected chi connectivity index (χ4v) is 4.85. The van der Waals surface area contributed by atoms with Gasteiger partial charge in [0.15, 0.2) is 0 Å². The highest BCUT2D eigenvalue weighted by atomic mass is 15.2. The molecular weight excluding hydrogens is 256 g/mol. The first-order valence-corrected chi connectivity index (χ1v) is 8.91. The number of likely N-dealkylation sites (tertiary alicyclic amines) is 1. The van der Waals surface area contributed by atoms with E-state index in [0.29, 0.717) is 6.04 Å². The predicted molar refractivity (Wildman–Crippen MR) is 88.7 cm³/mol. The Labute approximate surface area is 128 Å². The molecule has 114 valence electrons. The zero-order valence-electron chi connectivity index (χ0n) is 13.1. The van der Waals surface area contributed by atoms with Crippen molar-refractivity contribution in [3.63, 3.8) is 0 Å². The van der Waals surface area contributed by atoms with Crippen LogP contribution in [0, 0.1) is 5.41 Å². The number of anilines is 1. The summed E-state index contributed by atoms with van der Waals surface area (Å²) in [6.07, 6.45) is 11.6. The first kappa shape index (κ1) is 13.6. The van der Waals surface area contributed by atoms with E-state index in [4.69, 9.17) is 0 Å². The van der Waals surface area contributed by atoms with Crippen molar-refractivity contribution in [2.75, 3.05) is 25.0 Å². The quantitative estimate of drug-likeness (QED) is 0.836. The minimum atomic E-state index is 0.709. The average molecular weight is 284 g/mol. The number of hydrogen-bond acceptors (Lipinski definition) is 2. The molecule has 1 aromatic rings. The molecule has 21 heavy (non-hydrogen) atoms. The molecule has 2 fully saturated rings. The van der Waals surface area contributed by atoms with E-state index < -0.39 is 0 Å². The Bertz CT molecular complexity index is 480. The smallest absolute Gasteiger partial charge is 0.0373 e. The zero-order chi connectivity index (χ0) is 14.1. The van der Waals surface area contributed by atoms with Crippen LogP contribution in [0.15, 0.2) is 24.3 Å². The largest absolute Gasteiger partial charge is 0.383 e. The Kier molecular flexibility index (Phi) is 3.66. The van der Waals surface area contributed by atoms with Gasteiger partial charge in [-0.15, -0.1) is 0 Å². The minimum Gasteiger partial charge on any atom is -0.383 e. The lowest BCUT2D eigenvalue weighted by Crippen LogP contribution is -2.50. The molecule has 2 aliphatic heterocycles. The van der Waals surface area contributed by atoms with E-state index in [1.807, 2.05) is 0 Å². The molecule has 1 unspecified atom stereocenters. The number of nitrogens with zero attached hydrogens (tertiary/aromatic N) is 1. The Balaban J connectivity index is 1.39. The number of hydrogen-bond donors (Lipinski definition) is 1. The Morgan fingerprint density at radius 1 is 0.952 bits per heavy atom. The van der Waals surface area contributed by atoms with Gasteiger partial charge in [0.1, 0.15) is 0 Å². The highest BCUT2D eigenvalue weighted by Gasteiger charge is 2.37. The van der Waals surface area contributed by atoms with Crippen LogP contribution in [-0.2, 0) is 6.42 Å². The van der Waals surface area contributed by atoms with Gasteiger partial charge in [-0.05, 0) is 62.2 Å². The van der Waals surface area contributed by atoms with Gasteiger partial charge in [-0.1, -0.05) is 37.5 Å². The van der Waals surface area contributed by atoms with Crippen molar-refractivity contribution < 1.29 is 0 Å². The summed E-state index contributed by atoms with van der Waals surface area (Å²) >= 11 is 0. The molecule has 4 rings (SSSR count). The highest BCUT2D eigenvalue weighted by molar-refractivity contribution is 5.53. The summed E-state index contributed by atoms with van der Waals surface area (Å²) in [5.41, 5.74) is 3.59. The SMILES string of the molecule is c1ccc2c(c1)CC(N1CCC3(CCCCC3)CC1)CN2. The molecule has 1 saturated heterocycles. The van der Waals surface area contributed by atoms with Gasteiger partial charge in [0.05, 0.1) is 0 Å². The van der Waals surface area contributed by atoms with E-state index in [1.54, 1.807) is 0 Å². The van der Waals surface area contributed by atoms with E-state index in [1.165, 1.54) is 75.7 Å². The van der Waals surface area contributed by atoms with Crippen molar-refractivity contribution in [1.82, 2.24) is 4.90 Å². The average Bonchev–Trinajstić information content (AvgIpc) is 2.56. The summed E-state index contributed by atoms with van der Waals surface area (Å²) in [7, 11) is 0. The Hall–Kier alpha value is -1.02. The molecule has 1 atom stereocenters. The molecule has 2 heterocycles. The van der Waals surface area contributed by atoms with Gasteiger partial charge in [-0.3, -0.25) is 4.90 Å². The summed E-state index contributed by atoms with van der Waals surface area (Å²) in [6, 6.07) is 9.54. The molecular formula is C19H28N2. The van der Waals surface area contributed by atoms with Crippen LogP contribution >= 0.6 is 0 Å². The van der Waals surface area contributed by atoms with Crippen molar-refractivity contribution in [2.45, 2.75) is 57.4 Å². The molecule has 1 aliphatic carbocycles. The van der Waals surface area contributed by atoms with Crippen molar-refractivity contribution in [3.8, 4) is 0 Å². The molecule has 1 spiro atoms. The van der Waals surface area contributed by atoms with Gasteiger partial charge in [0.2, 0.25) is 0 Å². The Morgan fingerprint density at radius 3 is 2.52 bits per heavy atom. The normalized spacial score (nSPS) is 28.9. The number of nitrogens with one attached hydrogen (secondary N) is 1. The summed E-state index contributed by atoms with van der Waals surface area (Å²) < 4.78 is 0. The first-order valence-electron chi connectivity index (χ1n) is 8.91. The standard InChI is InChI=1S/C19H28N2/c1-4-8-19(9-5-1)10-12-21(13-11-19)17-14-16-6-2-3-7-18(16)20-15-17/h2-3,6-7,17,20H,1,4-5,8-15H2. The fraction of sp³-hybridized carbons (Fsp3) is 0.684. The minimum absolute atomic E-state index is 0.709.